The van der Waals surface area contributed by atoms with Crippen LogP contribution in [-0.4, -0.2) is 12.5 Å². The average Bonchev–Trinajstić information content (AvgIpc) is 2.19. The zero-order valence-corrected chi connectivity index (χ0v) is 8.77. The number of amides is 1. The number of halogens is 1. The predicted molar refractivity (Wildman–Crippen MR) is 56.8 cm³/mol. The van der Waals surface area contributed by atoms with Crippen molar-refractivity contribution in [2.75, 3.05) is 6.54 Å². The van der Waals surface area contributed by atoms with Crippen molar-refractivity contribution in [1.29, 1.82) is 0 Å². The Labute approximate surface area is 88.3 Å². The van der Waals surface area contributed by atoms with Crippen LogP contribution in [0.25, 0.3) is 0 Å². The molecule has 2 nitrogen and oxygen atoms in total. The molecule has 0 saturated carbocycles. The monoisotopic (exact) mass is 209 g/mol. The van der Waals surface area contributed by atoms with Gasteiger partial charge in [-0.25, -0.2) is 0 Å². The van der Waals surface area contributed by atoms with Gasteiger partial charge in [0.1, 0.15) is 0 Å². The molecule has 0 bridgehead atoms. The summed E-state index contributed by atoms with van der Waals surface area (Å²) in [6.45, 7) is 2.87. The number of hydrogen-bond acceptors (Lipinski definition) is 1. The molecule has 0 saturated heterocycles. The maximum absolute atomic E-state index is 11.5. The molecular formula is C11H12ClNO. The number of carbonyl (C=O) groups is 1. The van der Waals surface area contributed by atoms with E-state index >= 15 is 0 Å². The Kier molecular flexibility index (Phi) is 2.46. The lowest BCUT2D eigenvalue weighted by molar-refractivity contribution is 0.0940. The van der Waals surface area contributed by atoms with E-state index in [0.717, 1.165) is 24.1 Å². The van der Waals surface area contributed by atoms with E-state index in [1.54, 1.807) is 6.07 Å². The van der Waals surface area contributed by atoms with Crippen LogP contribution >= 0.6 is 11.6 Å². The second-order valence-electron chi connectivity index (χ2n) is 3.55. The number of hydrogen-bond donors (Lipinski definition) is 1. The van der Waals surface area contributed by atoms with E-state index in [1.807, 2.05) is 12.1 Å². The summed E-state index contributed by atoms with van der Waals surface area (Å²) in [6.07, 6.45) is 1.04. The van der Waals surface area contributed by atoms with Gasteiger partial charge in [0.2, 0.25) is 0 Å². The van der Waals surface area contributed by atoms with Crippen LogP contribution in [0, 0.1) is 0 Å². The Balaban J connectivity index is 2.51. The van der Waals surface area contributed by atoms with Crippen molar-refractivity contribution in [2.45, 2.75) is 19.3 Å². The van der Waals surface area contributed by atoms with Crippen molar-refractivity contribution in [2.24, 2.45) is 0 Å². The van der Waals surface area contributed by atoms with Crippen LogP contribution in [0.2, 0.25) is 5.02 Å². The second-order valence-corrected chi connectivity index (χ2v) is 3.98. The minimum atomic E-state index is -0.00722. The third kappa shape index (κ3) is 1.50. The molecule has 1 unspecified atom stereocenters. The number of benzene rings is 1. The SMILES string of the molecule is CCC1CNC(=O)c2cc(Cl)ccc21. The molecule has 0 aromatic heterocycles. The van der Waals surface area contributed by atoms with Gasteiger partial charge in [0.05, 0.1) is 0 Å². The summed E-state index contributed by atoms with van der Waals surface area (Å²) in [4.78, 5) is 11.5. The highest BCUT2D eigenvalue weighted by Gasteiger charge is 2.23. The van der Waals surface area contributed by atoms with Crippen molar-refractivity contribution < 1.29 is 4.79 Å². The molecule has 3 heteroatoms. The molecule has 1 aliphatic heterocycles. The molecule has 0 fully saturated rings. The summed E-state index contributed by atoms with van der Waals surface area (Å²) >= 11 is 5.85. The normalized spacial score (nSPS) is 20.1. The van der Waals surface area contributed by atoms with Crippen molar-refractivity contribution in [3.8, 4) is 0 Å². The van der Waals surface area contributed by atoms with Gasteiger partial charge in [-0.15, -0.1) is 0 Å². The summed E-state index contributed by atoms with van der Waals surface area (Å²) in [5, 5.41) is 3.49. The topological polar surface area (TPSA) is 29.1 Å². The lowest BCUT2D eigenvalue weighted by atomic mass is 9.89. The molecule has 1 aromatic carbocycles. The molecule has 2 rings (SSSR count). The van der Waals surface area contributed by atoms with Crippen LogP contribution in [0.1, 0.15) is 35.2 Å². The zero-order chi connectivity index (χ0) is 10.1. The van der Waals surface area contributed by atoms with Crippen molar-refractivity contribution >= 4 is 17.5 Å². The van der Waals surface area contributed by atoms with Gasteiger partial charge in [0.15, 0.2) is 0 Å². The van der Waals surface area contributed by atoms with Crippen molar-refractivity contribution in [3.63, 3.8) is 0 Å². The van der Waals surface area contributed by atoms with Gasteiger partial charge < -0.3 is 5.32 Å². The Bertz CT molecular complexity index is 376. The van der Waals surface area contributed by atoms with Gasteiger partial charge in [0, 0.05) is 23.0 Å². The van der Waals surface area contributed by atoms with E-state index in [4.69, 9.17) is 11.6 Å². The number of nitrogens with one attached hydrogen (secondary N) is 1. The molecule has 0 spiro atoms. The third-order valence-corrected chi connectivity index (χ3v) is 2.94. The molecule has 1 atom stereocenters. The summed E-state index contributed by atoms with van der Waals surface area (Å²) in [6, 6.07) is 5.56. The van der Waals surface area contributed by atoms with Crippen LogP contribution < -0.4 is 5.32 Å². The predicted octanol–water partition coefficient (Wildman–Crippen LogP) is 2.58. The summed E-state index contributed by atoms with van der Waals surface area (Å²) < 4.78 is 0. The van der Waals surface area contributed by atoms with Crippen molar-refractivity contribution in [3.05, 3.63) is 34.3 Å². The third-order valence-electron chi connectivity index (χ3n) is 2.70. The van der Waals surface area contributed by atoms with Gasteiger partial charge in [-0.1, -0.05) is 24.6 Å². The first kappa shape index (κ1) is 9.53. The lowest BCUT2D eigenvalue weighted by Crippen LogP contribution is -2.34. The molecule has 14 heavy (non-hydrogen) atoms. The number of fused-ring (bicyclic) bond motifs is 1. The van der Waals surface area contributed by atoms with Crippen LogP contribution in [0.15, 0.2) is 18.2 Å². The Morgan fingerprint density at radius 3 is 3.07 bits per heavy atom. The van der Waals surface area contributed by atoms with E-state index in [0.29, 0.717) is 10.9 Å². The zero-order valence-electron chi connectivity index (χ0n) is 8.01. The highest BCUT2D eigenvalue weighted by Crippen LogP contribution is 2.28. The fraction of sp³-hybridized carbons (Fsp3) is 0.364. The second kappa shape index (κ2) is 3.62. The van der Waals surface area contributed by atoms with Gasteiger partial charge in [-0.3, -0.25) is 4.79 Å². The maximum atomic E-state index is 11.5. The highest BCUT2D eigenvalue weighted by molar-refractivity contribution is 6.31. The van der Waals surface area contributed by atoms with Crippen molar-refractivity contribution in [1.82, 2.24) is 5.32 Å². The van der Waals surface area contributed by atoms with E-state index < -0.39 is 0 Å². The smallest absolute Gasteiger partial charge is 0.251 e. The largest absolute Gasteiger partial charge is 0.351 e. The first-order valence-corrected chi connectivity index (χ1v) is 5.17. The molecule has 0 radical (unpaired) electrons. The molecule has 1 aromatic rings. The number of rotatable bonds is 1. The van der Waals surface area contributed by atoms with Gasteiger partial charge in [-0.05, 0) is 24.1 Å². The number of carbonyl (C=O) groups excluding carboxylic acids is 1. The molecule has 0 aliphatic carbocycles. The standard InChI is InChI=1S/C11H12ClNO/c1-2-7-6-13-11(14)10-5-8(12)3-4-9(7)10/h3-5,7H,2,6H2,1H3,(H,13,14). The fourth-order valence-corrected chi connectivity index (χ4v) is 2.04. The van der Waals surface area contributed by atoms with Crippen LogP contribution in [0.3, 0.4) is 0 Å². The quantitative estimate of drug-likeness (QED) is 0.757. The van der Waals surface area contributed by atoms with Gasteiger partial charge >= 0.3 is 0 Å². The first-order valence-electron chi connectivity index (χ1n) is 4.80. The Morgan fingerprint density at radius 1 is 1.57 bits per heavy atom. The maximum Gasteiger partial charge on any atom is 0.251 e. The van der Waals surface area contributed by atoms with Gasteiger partial charge in [0.25, 0.3) is 5.91 Å². The molecular weight excluding hydrogens is 198 g/mol. The Morgan fingerprint density at radius 2 is 2.36 bits per heavy atom. The molecule has 1 aliphatic rings. The Hall–Kier alpha value is -1.02. The van der Waals surface area contributed by atoms with E-state index in [-0.39, 0.29) is 5.91 Å². The van der Waals surface area contributed by atoms with E-state index in [2.05, 4.69) is 12.2 Å². The minimum Gasteiger partial charge on any atom is -0.351 e. The average molecular weight is 210 g/mol. The lowest BCUT2D eigenvalue weighted by Gasteiger charge is -2.24. The molecule has 74 valence electrons. The molecule has 1 amide bonds. The minimum absolute atomic E-state index is 0.00722. The summed E-state index contributed by atoms with van der Waals surface area (Å²) in [7, 11) is 0. The summed E-state index contributed by atoms with van der Waals surface area (Å²) in [5.74, 6) is 0.423. The van der Waals surface area contributed by atoms with E-state index in [1.165, 1.54) is 0 Å². The first-order chi connectivity index (χ1) is 6.72. The highest BCUT2D eigenvalue weighted by atomic mass is 35.5. The van der Waals surface area contributed by atoms with Crippen LogP contribution in [0.4, 0.5) is 0 Å². The summed E-state index contributed by atoms with van der Waals surface area (Å²) in [5.41, 5.74) is 1.86. The molecule has 1 N–H and O–H groups in total. The van der Waals surface area contributed by atoms with Crippen LogP contribution in [-0.2, 0) is 0 Å². The molecule has 1 heterocycles. The fourth-order valence-electron chi connectivity index (χ4n) is 1.87. The van der Waals surface area contributed by atoms with Crippen LogP contribution in [0.5, 0.6) is 0 Å². The van der Waals surface area contributed by atoms with E-state index in [9.17, 15) is 4.79 Å². The van der Waals surface area contributed by atoms with Gasteiger partial charge in [-0.2, -0.15) is 0 Å².